The Kier molecular flexibility index (Phi) is 7.20. The molecule has 7 rings (SSSR count). The monoisotopic (exact) mass is 633 g/mol. The lowest BCUT2D eigenvalue weighted by Crippen LogP contribution is -2.76. The molecule has 3 aliphatic carbocycles. The fourth-order valence-electron chi connectivity index (χ4n) is 7.11. The van der Waals surface area contributed by atoms with Crippen LogP contribution in [0.5, 0.6) is 5.75 Å². The number of benzene rings is 2. The van der Waals surface area contributed by atoms with Crippen LogP contribution >= 0.6 is 0 Å². The summed E-state index contributed by atoms with van der Waals surface area (Å²) in [4.78, 5) is 13.8. The first kappa shape index (κ1) is 31.2. The lowest BCUT2D eigenvalue weighted by Gasteiger charge is -2.74. The second-order valence-electron chi connectivity index (χ2n) is 13.8. The molecule has 2 unspecified atom stereocenters. The first-order valence-electron chi connectivity index (χ1n) is 14.7. The summed E-state index contributed by atoms with van der Waals surface area (Å²) in [7, 11) is 0. The Labute approximate surface area is 256 Å². The number of hydrogen-bond donors (Lipinski definition) is 2. The smallest absolute Gasteiger partial charge is 0.410 e. The van der Waals surface area contributed by atoms with Crippen molar-refractivity contribution in [2.45, 2.75) is 81.1 Å². The van der Waals surface area contributed by atoms with E-state index in [1.165, 1.54) is 4.90 Å². The van der Waals surface area contributed by atoms with Gasteiger partial charge in [-0.3, -0.25) is 0 Å². The Bertz CT molecular complexity index is 1560. The van der Waals surface area contributed by atoms with Crippen molar-refractivity contribution < 1.29 is 42.0 Å². The van der Waals surface area contributed by atoms with Gasteiger partial charge in [0.1, 0.15) is 41.5 Å². The molecule has 3 aromatic rings. The maximum Gasteiger partial charge on any atom is 0.410 e. The zero-order valence-electron chi connectivity index (χ0n) is 25.1. The molecule has 3 saturated carbocycles. The average Bonchev–Trinajstić information content (AvgIpc) is 3.55. The Morgan fingerprint density at radius 2 is 1.76 bits per heavy atom. The summed E-state index contributed by atoms with van der Waals surface area (Å²) >= 11 is 0. The van der Waals surface area contributed by atoms with Crippen LogP contribution in [-0.4, -0.2) is 78.2 Å². The highest BCUT2D eigenvalue weighted by molar-refractivity contribution is 5.68. The summed E-state index contributed by atoms with van der Waals surface area (Å²) in [5, 5.41) is 32.9. The molecule has 45 heavy (non-hydrogen) atoms. The van der Waals surface area contributed by atoms with Gasteiger partial charge in [-0.1, -0.05) is 12.1 Å². The number of aliphatic hydroxyl groups is 2. The summed E-state index contributed by atoms with van der Waals surface area (Å²) in [6, 6.07) is 9.10. The number of nitrogens with zero attached hydrogens (tertiary/aromatic N) is 5. The summed E-state index contributed by atoms with van der Waals surface area (Å²) in [6.07, 6.45) is 1.01. The van der Waals surface area contributed by atoms with Gasteiger partial charge < -0.3 is 24.6 Å². The van der Waals surface area contributed by atoms with Crippen LogP contribution in [0.15, 0.2) is 48.8 Å². The largest absolute Gasteiger partial charge is 0.491 e. The second kappa shape index (κ2) is 10.4. The molecule has 1 aromatic heterocycles. The van der Waals surface area contributed by atoms with Crippen molar-refractivity contribution in [1.29, 1.82) is 0 Å². The summed E-state index contributed by atoms with van der Waals surface area (Å²) < 4.78 is 73.5. The van der Waals surface area contributed by atoms with Gasteiger partial charge in [0, 0.05) is 23.6 Å². The molecule has 2 N–H and O–H groups in total. The van der Waals surface area contributed by atoms with Crippen LogP contribution in [0.1, 0.15) is 57.6 Å². The van der Waals surface area contributed by atoms with Crippen LogP contribution in [0.3, 0.4) is 0 Å². The maximum absolute atomic E-state index is 16.4. The predicted octanol–water partition coefficient (Wildman–Crippen LogP) is 4.35. The number of halogens is 4. The zero-order chi connectivity index (χ0) is 32.5. The third kappa shape index (κ3) is 5.31. The molecular weight excluding hydrogens is 598 g/mol. The van der Waals surface area contributed by atoms with Gasteiger partial charge in [-0.15, -0.1) is 5.10 Å². The number of carbonyl (C=O) groups excluding carboxylic acids is 1. The minimum atomic E-state index is -3.82. The van der Waals surface area contributed by atoms with Crippen LogP contribution in [0.4, 0.5) is 22.4 Å². The number of tetrazole rings is 1. The van der Waals surface area contributed by atoms with E-state index in [1.807, 2.05) is 0 Å². The predicted molar refractivity (Wildman–Crippen MR) is 150 cm³/mol. The van der Waals surface area contributed by atoms with E-state index in [-0.39, 0.29) is 32.4 Å². The molecule has 1 saturated heterocycles. The van der Waals surface area contributed by atoms with Crippen molar-refractivity contribution in [2.24, 2.45) is 5.41 Å². The van der Waals surface area contributed by atoms with E-state index in [1.54, 1.807) is 45.0 Å². The highest BCUT2D eigenvalue weighted by Crippen LogP contribution is 2.80. The number of carbonyl (C=O) groups is 1. The number of likely N-dealkylation sites (tertiary alicyclic amines) is 1. The Hall–Kier alpha value is -3.78. The first-order chi connectivity index (χ1) is 21.0. The van der Waals surface area contributed by atoms with Gasteiger partial charge in [0.25, 0.3) is 5.92 Å². The molecule has 10 nitrogen and oxygen atoms in total. The van der Waals surface area contributed by atoms with Crippen LogP contribution in [0.2, 0.25) is 0 Å². The minimum absolute atomic E-state index is 0.0497. The van der Waals surface area contributed by atoms with Crippen molar-refractivity contribution in [2.75, 3.05) is 19.7 Å². The van der Waals surface area contributed by atoms with Crippen molar-refractivity contribution in [3.8, 4) is 5.75 Å². The Morgan fingerprint density at radius 3 is 2.36 bits per heavy atom. The average molecular weight is 634 g/mol. The number of hydrogen-bond acceptors (Lipinski definition) is 8. The first-order valence-corrected chi connectivity index (χ1v) is 14.7. The van der Waals surface area contributed by atoms with E-state index in [2.05, 4.69) is 15.5 Å². The molecule has 0 spiro atoms. The number of ether oxygens (including phenoxy) is 2. The molecule has 1 amide bonds. The molecule has 4 aliphatic rings. The van der Waals surface area contributed by atoms with Gasteiger partial charge in [-0.2, -0.15) is 0 Å². The van der Waals surface area contributed by atoms with Crippen molar-refractivity contribution in [1.82, 2.24) is 25.1 Å². The molecule has 2 atom stereocenters. The van der Waals surface area contributed by atoms with E-state index < -0.39 is 63.4 Å². The van der Waals surface area contributed by atoms with E-state index in [0.717, 1.165) is 28.7 Å². The lowest BCUT2D eigenvalue weighted by atomic mass is 9.30. The van der Waals surface area contributed by atoms with Crippen molar-refractivity contribution in [3.05, 3.63) is 71.6 Å². The van der Waals surface area contributed by atoms with Crippen LogP contribution < -0.4 is 4.74 Å². The summed E-state index contributed by atoms with van der Waals surface area (Å²) in [5.41, 5.74) is -7.02. The van der Waals surface area contributed by atoms with Crippen LogP contribution in [0, 0.1) is 17.0 Å². The number of alkyl halides is 2. The maximum atomic E-state index is 16.4. The number of rotatable bonds is 9. The fourth-order valence-corrected chi connectivity index (χ4v) is 7.11. The lowest BCUT2D eigenvalue weighted by molar-refractivity contribution is -0.347. The van der Waals surface area contributed by atoms with Gasteiger partial charge in [-0.05, 0) is 92.1 Å². The Balaban J connectivity index is 1.11. The third-order valence-corrected chi connectivity index (χ3v) is 9.33. The van der Waals surface area contributed by atoms with Gasteiger partial charge in [0.15, 0.2) is 5.60 Å². The highest BCUT2D eigenvalue weighted by atomic mass is 19.3. The molecule has 0 radical (unpaired) electrons. The molecule has 4 fully saturated rings. The molecule has 242 valence electrons. The van der Waals surface area contributed by atoms with E-state index in [0.29, 0.717) is 24.8 Å². The van der Waals surface area contributed by atoms with Crippen LogP contribution in [-0.2, 0) is 22.3 Å². The topological polar surface area (TPSA) is 123 Å². The van der Waals surface area contributed by atoms with E-state index in [9.17, 15) is 23.8 Å². The fraction of sp³-hybridized carbons (Fsp3) is 0.548. The summed E-state index contributed by atoms with van der Waals surface area (Å²) in [6.45, 7) is 4.83. The Morgan fingerprint density at radius 1 is 1.07 bits per heavy atom. The zero-order valence-corrected chi connectivity index (χ0v) is 25.1. The van der Waals surface area contributed by atoms with E-state index in [4.69, 9.17) is 9.47 Å². The number of amides is 1. The van der Waals surface area contributed by atoms with Crippen molar-refractivity contribution in [3.63, 3.8) is 0 Å². The molecule has 2 aromatic carbocycles. The van der Waals surface area contributed by atoms with Gasteiger partial charge in [-0.25, -0.2) is 27.0 Å². The number of aromatic nitrogens is 4. The summed E-state index contributed by atoms with van der Waals surface area (Å²) in [5.74, 6) is -5.60. The molecule has 1 aliphatic heterocycles. The van der Waals surface area contributed by atoms with Gasteiger partial charge in [0.05, 0.1) is 13.1 Å². The van der Waals surface area contributed by atoms with Crippen molar-refractivity contribution >= 4 is 6.09 Å². The highest BCUT2D eigenvalue weighted by Gasteiger charge is 2.82. The van der Waals surface area contributed by atoms with Gasteiger partial charge in [0.2, 0.25) is 0 Å². The second-order valence-corrected chi connectivity index (χ2v) is 13.8. The number of β-amino-alcohol motifs (C(OH)–C–C–N with tert-alkyl or cyclic N) is 1. The molecule has 2 bridgehead atoms. The quantitative estimate of drug-likeness (QED) is 0.334. The van der Waals surface area contributed by atoms with Gasteiger partial charge >= 0.3 is 6.09 Å². The normalized spacial score (nSPS) is 27.4. The van der Waals surface area contributed by atoms with E-state index >= 15 is 8.78 Å². The SMILES string of the molecule is CC(C)(C)OC(=O)N1CCC(O)(COc2ccc(C34CC(C(F)(F)C(O)(Cn5cnnn5)c5ccc(F)cc5F)(C3)C4)cc2)C1. The molecule has 2 heterocycles. The van der Waals surface area contributed by atoms with Crippen LogP contribution in [0.25, 0.3) is 0 Å². The standard InChI is InChI=1S/C31H35F4N5O5/c1-26(2,3)45-25(41)39-11-10-29(42,16-39)18-44-22-7-4-20(5-8-22)27-13-28(14-27,15-27)31(34,35)30(43,17-40-19-36-37-38-40)23-9-6-21(32)12-24(23)33/h4-9,12,19,42-43H,10-11,13-18H2,1-3H3. The third-order valence-electron chi connectivity index (χ3n) is 9.33. The molecule has 14 heteroatoms. The minimum Gasteiger partial charge on any atom is -0.491 e. The molecular formula is C31H35F4N5O5.